The first-order valence-electron chi connectivity index (χ1n) is 9.44. The first-order chi connectivity index (χ1) is 13.7. The zero-order chi connectivity index (χ0) is 19.3. The van der Waals surface area contributed by atoms with Crippen molar-refractivity contribution in [2.45, 2.75) is 18.9 Å². The third kappa shape index (κ3) is 3.96. The number of likely N-dealkylation sites (tertiary alicyclic amines) is 1. The van der Waals surface area contributed by atoms with Crippen LogP contribution in [0.3, 0.4) is 0 Å². The van der Waals surface area contributed by atoms with Gasteiger partial charge in [-0.3, -0.25) is 14.6 Å². The van der Waals surface area contributed by atoms with Crippen LogP contribution in [0.25, 0.3) is 5.69 Å². The lowest BCUT2D eigenvalue weighted by atomic mass is 10.0. The molecule has 1 saturated heterocycles. The number of benzene rings is 1. The molecule has 3 aromatic rings. The van der Waals surface area contributed by atoms with Gasteiger partial charge in [0.2, 0.25) is 0 Å². The molecule has 1 aromatic carbocycles. The Morgan fingerprint density at radius 3 is 2.29 bits per heavy atom. The minimum atomic E-state index is -0.0731. The molecule has 1 aliphatic heterocycles. The van der Waals surface area contributed by atoms with Crippen molar-refractivity contribution in [3.05, 3.63) is 84.4 Å². The Morgan fingerprint density at radius 1 is 0.929 bits per heavy atom. The smallest absolute Gasteiger partial charge is 0.255 e. The standard InChI is InChI=1S/C22H22N4O2/c27-21(17-5-7-20(8-6-17)25-12-1-2-13-25)24-19-9-14-26(15-10-19)22(28)18-4-3-11-23-16-18/h1-8,11-13,16,19H,9-10,14-15H2,(H,24,27). The summed E-state index contributed by atoms with van der Waals surface area (Å²) in [6.07, 6.45) is 8.68. The Labute approximate surface area is 163 Å². The molecule has 2 aromatic heterocycles. The van der Waals surface area contributed by atoms with Gasteiger partial charge in [0.25, 0.3) is 11.8 Å². The van der Waals surface area contributed by atoms with Gasteiger partial charge >= 0.3 is 0 Å². The van der Waals surface area contributed by atoms with E-state index in [1.165, 1.54) is 0 Å². The topological polar surface area (TPSA) is 67.2 Å². The summed E-state index contributed by atoms with van der Waals surface area (Å²) in [7, 11) is 0. The van der Waals surface area contributed by atoms with Crippen LogP contribution in [0.4, 0.5) is 0 Å². The highest BCUT2D eigenvalue weighted by Crippen LogP contribution is 2.15. The van der Waals surface area contributed by atoms with Gasteiger partial charge < -0.3 is 14.8 Å². The Kier molecular flexibility index (Phi) is 5.19. The van der Waals surface area contributed by atoms with E-state index >= 15 is 0 Å². The molecule has 28 heavy (non-hydrogen) atoms. The zero-order valence-electron chi connectivity index (χ0n) is 15.5. The van der Waals surface area contributed by atoms with Gasteiger partial charge in [-0.2, -0.15) is 0 Å². The minimum Gasteiger partial charge on any atom is -0.349 e. The van der Waals surface area contributed by atoms with Crippen LogP contribution >= 0.6 is 0 Å². The largest absolute Gasteiger partial charge is 0.349 e. The molecule has 0 bridgehead atoms. The highest BCUT2D eigenvalue weighted by atomic mass is 16.2. The van der Waals surface area contributed by atoms with Crippen molar-refractivity contribution < 1.29 is 9.59 Å². The van der Waals surface area contributed by atoms with Crippen LogP contribution < -0.4 is 5.32 Å². The predicted molar refractivity (Wildman–Crippen MR) is 106 cm³/mol. The average molecular weight is 374 g/mol. The molecule has 0 atom stereocenters. The lowest BCUT2D eigenvalue weighted by Gasteiger charge is -2.32. The summed E-state index contributed by atoms with van der Waals surface area (Å²) in [5.74, 6) is -0.0745. The highest BCUT2D eigenvalue weighted by Gasteiger charge is 2.25. The number of pyridine rings is 1. The molecular formula is C22H22N4O2. The third-order valence-corrected chi connectivity index (χ3v) is 5.06. The number of nitrogens with one attached hydrogen (secondary N) is 1. The fourth-order valence-electron chi connectivity index (χ4n) is 3.46. The van der Waals surface area contributed by atoms with Crippen LogP contribution in [-0.4, -0.2) is 45.4 Å². The molecule has 0 spiro atoms. The summed E-state index contributed by atoms with van der Waals surface area (Å²) in [4.78, 5) is 30.8. The van der Waals surface area contributed by atoms with Crippen LogP contribution in [0.2, 0.25) is 0 Å². The number of piperidine rings is 1. The van der Waals surface area contributed by atoms with Gasteiger partial charge in [0.05, 0.1) is 5.56 Å². The zero-order valence-corrected chi connectivity index (χ0v) is 15.5. The van der Waals surface area contributed by atoms with Gasteiger partial charge in [0.1, 0.15) is 0 Å². The van der Waals surface area contributed by atoms with Gasteiger partial charge in [-0.05, 0) is 61.4 Å². The van der Waals surface area contributed by atoms with Crippen LogP contribution in [0, 0.1) is 0 Å². The van der Waals surface area contributed by atoms with Gasteiger partial charge in [-0.25, -0.2) is 0 Å². The molecule has 1 fully saturated rings. The molecule has 0 saturated carbocycles. The average Bonchev–Trinajstić information content (AvgIpc) is 3.29. The molecule has 1 N–H and O–H groups in total. The van der Waals surface area contributed by atoms with Crippen molar-refractivity contribution in [1.29, 1.82) is 0 Å². The fraction of sp³-hybridized carbons (Fsp3) is 0.227. The molecule has 0 radical (unpaired) electrons. The van der Waals surface area contributed by atoms with Crippen molar-refractivity contribution in [3.8, 4) is 5.69 Å². The van der Waals surface area contributed by atoms with Gasteiger partial charge in [-0.15, -0.1) is 0 Å². The number of carbonyl (C=O) groups is 2. The SMILES string of the molecule is O=C(NC1CCN(C(=O)c2cccnc2)CC1)c1ccc(-n2cccc2)cc1. The number of amides is 2. The van der Waals surface area contributed by atoms with E-state index in [0.29, 0.717) is 24.2 Å². The van der Waals surface area contributed by atoms with E-state index in [1.807, 2.05) is 58.3 Å². The maximum atomic E-state index is 12.5. The molecule has 1 aliphatic rings. The lowest BCUT2D eigenvalue weighted by molar-refractivity contribution is 0.0697. The van der Waals surface area contributed by atoms with Crippen molar-refractivity contribution >= 4 is 11.8 Å². The van der Waals surface area contributed by atoms with Gasteiger partial charge in [0, 0.05) is 55.2 Å². The number of carbonyl (C=O) groups excluding carboxylic acids is 2. The van der Waals surface area contributed by atoms with Crippen LogP contribution in [0.1, 0.15) is 33.6 Å². The van der Waals surface area contributed by atoms with Gasteiger partial charge in [-0.1, -0.05) is 0 Å². The van der Waals surface area contributed by atoms with E-state index in [4.69, 9.17) is 0 Å². The van der Waals surface area contributed by atoms with E-state index in [2.05, 4.69) is 10.3 Å². The second-order valence-electron chi connectivity index (χ2n) is 6.92. The summed E-state index contributed by atoms with van der Waals surface area (Å²) in [5.41, 5.74) is 2.27. The number of nitrogens with zero attached hydrogens (tertiary/aromatic N) is 3. The van der Waals surface area contributed by atoms with Crippen molar-refractivity contribution in [3.63, 3.8) is 0 Å². The second-order valence-corrected chi connectivity index (χ2v) is 6.92. The number of hydrogen-bond acceptors (Lipinski definition) is 3. The Balaban J connectivity index is 1.31. The van der Waals surface area contributed by atoms with Crippen LogP contribution in [-0.2, 0) is 0 Å². The maximum absolute atomic E-state index is 12.5. The van der Waals surface area contributed by atoms with E-state index in [1.54, 1.807) is 24.5 Å². The van der Waals surface area contributed by atoms with Crippen molar-refractivity contribution in [2.24, 2.45) is 0 Å². The number of hydrogen-bond donors (Lipinski definition) is 1. The number of aromatic nitrogens is 2. The summed E-state index contributed by atoms with van der Waals surface area (Å²) >= 11 is 0. The Hall–Kier alpha value is -3.41. The molecule has 2 amide bonds. The molecule has 0 unspecified atom stereocenters. The van der Waals surface area contributed by atoms with Gasteiger partial charge in [0.15, 0.2) is 0 Å². The van der Waals surface area contributed by atoms with Crippen molar-refractivity contribution in [2.75, 3.05) is 13.1 Å². The summed E-state index contributed by atoms with van der Waals surface area (Å²) in [6.45, 7) is 1.26. The monoisotopic (exact) mass is 374 g/mol. The summed E-state index contributed by atoms with van der Waals surface area (Å²) in [5, 5.41) is 3.09. The van der Waals surface area contributed by atoms with Crippen LogP contribution in [0.15, 0.2) is 73.3 Å². The van der Waals surface area contributed by atoms with E-state index in [0.717, 1.165) is 18.5 Å². The normalized spacial score (nSPS) is 14.6. The lowest BCUT2D eigenvalue weighted by Crippen LogP contribution is -2.46. The molecule has 3 heterocycles. The molecule has 4 rings (SSSR count). The van der Waals surface area contributed by atoms with E-state index < -0.39 is 0 Å². The number of rotatable bonds is 4. The molecule has 6 heteroatoms. The third-order valence-electron chi connectivity index (χ3n) is 5.06. The molecule has 6 nitrogen and oxygen atoms in total. The Morgan fingerprint density at radius 2 is 1.64 bits per heavy atom. The maximum Gasteiger partial charge on any atom is 0.255 e. The molecule has 142 valence electrons. The first-order valence-corrected chi connectivity index (χ1v) is 9.44. The van der Waals surface area contributed by atoms with Crippen LogP contribution in [0.5, 0.6) is 0 Å². The predicted octanol–water partition coefficient (Wildman–Crippen LogP) is 2.91. The first kappa shape index (κ1) is 18.0. The highest BCUT2D eigenvalue weighted by molar-refractivity contribution is 5.95. The van der Waals surface area contributed by atoms with Crippen molar-refractivity contribution in [1.82, 2.24) is 19.8 Å². The quantitative estimate of drug-likeness (QED) is 0.764. The minimum absolute atomic E-state index is 0.00141. The van der Waals surface area contributed by atoms with E-state index in [-0.39, 0.29) is 17.9 Å². The second kappa shape index (κ2) is 8.08. The summed E-state index contributed by atoms with van der Waals surface area (Å²) < 4.78 is 2.00. The summed E-state index contributed by atoms with van der Waals surface area (Å²) in [6, 6.07) is 15.1. The molecular weight excluding hydrogens is 352 g/mol. The fourth-order valence-corrected chi connectivity index (χ4v) is 3.46. The van der Waals surface area contributed by atoms with E-state index in [9.17, 15) is 9.59 Å². The Bertz CT molecular complexity index is 928. The molecule has 0 aliphatic carbocycles.